The number of fused-ring (bicyclic) bond motifs is 1. The van der Waals surface area contributed by atoms with Crippen molar-refractivity contribution >= 4 is 33.1 Å². The smallest absolute Gasteiger partial charge is 0.332 e. The van der Waals surface area contributed by atoms with Crippen LogP contribution in [-0.2, 0) is 17.9 Å². The minimum Gasteiger partial charge on any atom is -0.497 e. The fourth-order valence-electron chi connectivity index (χ4n) is 3.38. The van der Waals surface area contributed by atoms with Crippen molar-refractivity contribution in [1.82, 2.24) is 9.13 Å². The minimum atomic E-state index is -0.506. The Balaban J connectivity index is 1.71. The van der Waals surface area contributed by atoms with Crippen molar-refractivity contribution in [1.29, 1.82) is 0 Å². The normalized spacial score (nSPS) is 10.9. The van der Waals surface area contributed by atoms with Crippen LogP contribution in [0.2, 0.25) is 0 Å². The summed E-state index contributed by atoms with van der Waals surface area (Å²) in [5, 5.41) is 3.23. The monoisotopic (exact) mass is 435 g/mol. The first-order chi connectivity index (χ1) is 15.0. The van der Waals surface area contributed by atoms with E-state index in [1.54, 1.807) is 37.4 Å². The van der Waals surface area contributed by atoms with Crippen LogP contribution in [0, 0.1) is 6.92 Å². The lowest BCUT2D eigenvalue weighted by Crippen LogP contribution is -2.41. The third-order valence-corrected chi connectivity index (χ3v) is 5.95. The van der Waals surface area contributed by atoms with E-state index in [2.05, 4.69) is 5.32 Å². The van der Waals surface area contributed by atoms with E-state index in [1.807, 2.05) is 37.3 Å². The Morgan fingerprint density at radius 3 is 2.42 bits per heavy atom. The number of hydrogen-bond acceptors (Lipinski definition) is 5. The van der Waals surface area contributed by atoms with Crippen LogP contribution in [0.1, 0.15) is 10.4 Å². The number of hydrogen-bond donors (Lipinski definition) is 1. The molecule has 1 N–H and O–H groups in total. The summed E-state index contributed by atoms with van der Waals surface area (Å²) >= 11 is 1.33. The Kier molecular flexibility index (Phi) is 5.73. The van der Waals surface area contributed by atoms with Gasteiger partial charge in [0.1, 0.15) is 17.1 Å². The molecule has 0 fully saturated rings. The molecule has 0 atom stereocenters. The Hall–Kier alpha value is -3.65. The number of rotatable bonds is 6. The van der Waals surface area contributed by atoms with E-state index in [0.29, 0.717) is 21.7 Å². The Morgan fingerprint density at radius 2 is 1.74 bits per heavy atom. The number of methoxy groups -OCH3 is 1. The Labute approximate surface area is 182 Å². The molecular formula is C23H21N3O4S. The van der Waals surface area contributed by atoms with Gasteiger partial charge in [-0.1, -0.05) is 30.3 Å². The lowest BCUT2D eigenvalue weighted by atomic mass is 10.2. The van der Waals surface area contributed by atoms with Gasteiger partial charge in [-0.25, -0.2) is 4.79 Å². The molecule has 2 heterocycles. The summed E-state index contributed by atoms with van der Waals surface area (Å²) in [5.41, 5.74) is 0.574. The molecule has 0 spiro atoms. The van der Waals surface area contributed by atoms with E-state index < -0.39 is 5.69 Å². The second kappa shape index (κ2) is 8.61. The summed E-state index contributed by atoms with van der Waals surface area (Å²) in [6.07, 6.45) is 0. The first-order valence-electron chi connectivity index (χ1n) is 9.68. The van der Waals surface area contributed by atoms with E-state index >= 15 is 0 Å². The highest BCUT2D eigenvalue weighted by molar-refractivity contribution is 7.18. The number of amides is 1. The van der Waals surface area contributed by atoms with Gasteiger partial charge in [-0.3, -0.25) is 18.7 Å². The van der Waals surface area contributed by atoms with Crippen molar-refractivity contribution in [3.63, 3.8) is 0 Å². The van der Waals surface area contributed by atoms with E-state index in [1.165, 1.54) is 20.5 Å². The summed E-state index contributed by atoms with van der Waals surface area (Å²) in [6.45, 7) is 1.82. The molecule has 0 aliphatic rings. The van der Waals surface area contributed by atoms with Crippen LogP contribution in [0.3, 0.4) is 0 Å². The van der Waals surface area contributed by atoms with E-state index in [9.17, 15) is 14.4 Å². The van der Waals surface area contributed by atoms with E-state index in [0.717, 1.165) is 10.4 Å². The predicted octanol–water partition coefficient (Wildman–Crippen LogP) is 3.23. The lowest BCUT2D eigenvalue weighted by Gasteiger charge is -2.12. The molecular weight excluding hydrogens is 414 g/mol. The number of anilines is 1. The Morgan fingerprint density at radius 1 is 1.03 bits per heavy atom. The highest BCUT2D eigenvalue weighted by Gasteiger charge is 2.18. The maximum atomic E-state index is 13.2. The molecule has 2 aromatic heterocycles. The van der Waals surface area contributed by atoms with Gasteiger partial charge < -0.3 is 10.1 Å². The van der Waals surface area contributed by atoms with Crippen molar-refractivity contribution in [3.05, 3.63) is 91.9 Å². The van der Waals surface area contributed by atoms with Gasteiger partial charge in [0, 0.05) is 10.6 Å². The van der Waals surface area contributed by atoms with E-state index in [4.69, 9.17) is 4.74 Å². The second-order valence-electron chi connectivity index (χ2n) is 7.10. The summed E-state index contributed by atoms with van der Waals surface area (Å²) in [4.78, 5) is 40.3. The average Bonchev–Trinajstić information content (AvgIpc) is 3.17. The van der Waals surface area contributed by atoms with Gasteiger partial charge in [-0.05, 0) is 42.8 Å². The average molecular weight is 436 g/mol. The molecule has 31 heavy (non-hydrogen) atoms. The molecule has 0 bridgehead atoms. The molecule has 4 rings (SSSR count). The van der Waals surface area contributed by atoms with Crippen LogP contribution < -0.4 is 21.3 Å². The van der Waals surface area contributed by atoms with Crippen LogP contribution in [0.4, 0.5) is 5.69 Å². The van der Waals surface area contributed by atoms with Crippen LogP contribution in [-0.4, -0.2) is 22.2 Å². The molecule has 8 heteroatoms. The van der Waals surface area contributed by atoms with Crippen LogP contribution in [0.5, 0.6) is 5.75 Å². The number of nitrogens with one attached hydrogen (secondary N) is 1. The molecule has 0 radical (unpaired) electrons. The quantitative estimate of drug-likeness (QED) is 0.504. The number of aryl methyl sites for hydroxylation is 1. The van der Waals surface area contributed by atoms with Crippen LogP contribution >= 0.6 is 11.3 Å². The first kappa shape index (κ1) is 20.6. The Bertz CT molecular complexity index is 1350. The third kappa shape index (κ3) is 4.29. The number of aromatic nitrogens is 2. The topological polar surface area (TPSA) is 82.3 Å². The maximum Gasteiger partial charge on any atom is 0.332 e. The molecule has 0 saturated carbocycles. The summed E-state index contributed by atoms with van der Waals surface area (Å²) < 4.78 is 7.68. The molecule has 7 nitrogen and oxygen atoms in total. The number of ether oxygens (including phenoxy) is 1. The summed E-state index contributed by atoms with van der Waals surface area (Å²) in [5.74, 6) is 0.322. The van der Waals surface area contributed by atoms with E-state index in [-0.39, 0.29) is 24.6 Å². The van der Waals surface area contributed by atoms with Gasteiger partial charge in [0.15, 0.2) is 0 Å². The zero-order valence-corrected chi connectivity index (χ0v) is 17.9. The largest absolute Gasteiger partial charge is 0.497 e. The number of carbonyl (C=O) groups is 1. The fraction of sp³-hybridized carbons (Fsp3) is 0.174. The van der Waals surface area contributed by atoms with Crippen LogP contribution in [0.15, 0.2) is 70.3 Å². The summed E-state index contributed by atoms with van der Waals surface area (Å²) in [7, 11) is 1.57. The second-order valence-corrected chi connectivity index (χ2v) is 8.33. The molecule has 158 valence electrons. The SMILES string of the molecule is COc1ccc(NC(=O)Cn2c(=O)n(Cc3ccccc3)c(=O)c3cc(C)sc32)cc1. The van der Waals surface area contributed by atoms with Crippen molar-refractivity contribution in [2.24, 2.45) is 0 Å². The number of carbonyl (C=O) groups excluding carboxylic acids is 1. The van der Waals surface area contributed by atoms with Gasteiger partial charge in [0.2, 0.25) is 5.91 Å². The molecule has 1 amide bonds. The van der Waals surface area contributed by atoms with Gasteiger partial charge in [0.25, 0.3) is 5.56 Å². The highest BCUT2D eigenvalue weighted by atomic mass is 32.1. The van der Waals surface area contributed by atoms with Crippen molar-refractivity contribution in [2.45, 2.75) is 20.0 Å². The summed E-state index contributed by atoms with van der Waals surface area (Å²) in [6, 6.07) is 18.0. The first-order valence-corrected chi connectivity index (χ1v) is 10.5. The number of nitrogens with zero attached hydrogens (tertiary/aromatic N) is 2. The molecule has 4 aromatic rings. The molecule has 0 unspecified atom stereocenters. The third-order valence-electron chi connectivity index (χ3n) is 4.88. The number of thiophene rings is 1. The lowest BCUT2D eigenvalue weighted by molar-refractivity contribution is -0.116. The maximum absolute atomic E-state index is 13.2. The van der Waals surface area contributed by atoms with Gasteiger partial charge >= 0.3 is 5.69 Å². The molecule has 0 aliphatic carbocycles. The zero-order valence-electron chi connectivity index (χ0n) is 17.1. The molecule has 0 saturated heterocycles. The van der Waals surface area contributed by atoms with Crippen molar-refractivity contribution < 1.29 is 9.53 Å². The molecule has 0 aliphatic heterocycles. The van der Waals surface area contributed by atoms with Gasteiger partial charge in [0.05, 0.1) is 19.0 Å². The van der Waals surface area contributed by atoms with Crippen molar-refractivity contribution in [3.8, 4) is 5.75 Å². The fourth-order valence-corrected chi connectivity index (χ4v) is 4.37. The minimum absolute atomic E-state index is 0.142. The zero-order chi connectivity index (χ0) is 22.0. The molecule has 2 aromatic carbocycles. The van der Waals surface area contributed by atoms with Crippen LogP contribution in [0.25, 0.3) is 10.2 Å². The van der Waals surface area contributed by atoms with Gasteiger partial charge in [-0.15, -0.1) is 11.3 Å². The van der Waals surface area contributed by atoms with Gasteiger partial charge in [-0.2, -0.15) is 0 Å². The van der Waals surface area contributed by atoms with Crippen molar-refractivity contribution in [2.75, 3.05) is 12.4 Å². The number of benzene rings is 2. The predicted molar refractivity (Wildman–Crippen MR) is 122 cm³/mol. The standard InChI is InChI=1S/C23H21N3O4S/c1-15-12-19-21(28)25(13-16-6-4-3-5-7-16)23(29)26(22(19)31-15)14-20(27)24-17-8-10-18(30-2)11-9-17/h3-12H,13-14H2,1-2H3,(H,24,27). The highest BCUT2D eigenvalue weighted by Crippen LogP contribution is 2.21.